The van der Waals surface area contributed by atoms with Crippen molar-refractivity contribution in [3.05, 3.63) is 0 Å². The van der Waals surface area contributed by atoms with E-state index in [1.807, 2.05) is 5.01 Å². The molecular weight excluding hydrogens is 316 g/mol. The number of rotatable bonds is 4. The molecule has 1 unspecified atom stereocenters. The smallest absolute Gasteiger partial charge is 0.350 e. The van der Waals surface area contributed by atoms with Gasteiger partial charge in [0, 0.05) is 39.3 Å². The molecule has 0 bridgehead atoms. The van der Waals surface area contributed by atoms with Gasteiger partial charge in [0.25, 0.3) is 0 Å². The number of nitrogens with zero attached hydrogens (tertiary/aromatic N) is 4. The Morgan fingerprint density at radius 1 is 1.17 bits per heavy atom. The molecule has 3 amide bonds. The molecule has 0 saturated carbocycles. The summed E-state index contributed by atoms with van der Waals surface area (Å²) in [6.45, 7) is 6.18. The van der Waals surface area contributed by atoms with E-state index >= 15 is 0 Å². The Balaban J connectivity index is 1.78. The van der Waals surface area contributed by atoms with Crippen LogP contribution in [0, 0.1) is 0 Å². The summed E-state index contributed by atoms with van der Waals surface area (Å²) in [6, 6.07) is -0.954. The maximum atomic E-state index is 12.9. The highest BCUT2D eigenvalue weighted by Crippen LogP contribution is 2.22. The normalized spacial score (nSPS) is 26.6. The van der Waals surface area contributed by atoms with Crippen LogP contribution in [0.25, 0.3) is 0 Å². The molecule has 10 heteroatoms. The Bertz CT molecular complexity index is 509. The van der Waals surface area contributed by atoms with Gasteiger partial charge in [-0.2, -0.15) is 0 Å². The van der Waals surface area contributed by atoms with Crippen molar-refractivity contribution in [1.82, 2.24) is 30.7 Å². The average Bonchev–Trinajstić information content (AvgIpc) is 2.93. The summed E-state index contributed by atoms with van der Waals surface area (Å²) in [5.41, 5.74) is 0. The number of urea groups is 1. The van der Waals surface area contributed by atoms with Gasteiger partial charge in [-0.1, -0.05) is 0 Å². The van der Waals surface area contributed by atoms with Crippen LogP contribution in [0.1, 0.15) is 6.92 Å². The van der Waals surface area contributed by atoms with E-state index in [9.17, 15) is 14.4 Å². The lowest BCUT2D eigenvalue weighted by atomic mass is 10.3. The Hall–Kier alpha value is -1.91. The van der Waals surface area contributed by atoms with Crippen LogP contribution >= 0.6 is 0 Å². The third-order valence-electron chi connectivity index (χ3n) is 4.37. The summed E-state index contributed by atoms with van der Waals surface area (Å²) >= 11 is 0. The fourth-order valence-corrected chi connectivity index (χ4v) is 3.24. The third kappa shape index (κ3) is 3.30. The van der Waals surface area contributed by atoms with Crippen molar-refractivity contribution in [3.8, 4) is 0 Å². The number of carbonyl (C=O) groups excluding carboxylic acids is 3. The van der Waals surface area contributed by atoms with Crippen molar-refractivity contribution in [1.29, 1.82) is 0 Å². The second kappa shape index (κ2) is 7.32. The van der Waals surface area contributed by atoms with Crippen molar-refractivity contribution in [2.45, 2.75) is 13.0 Å². The summed E-state index contributed by atoms with van der Waals surface area (Å²) in [5, 5.41) is 12.6. The van der Waals surface area contributed by atoms with Crippen LogP contribution in [0.4, 0.5) is 4.79 Å². The van der Waals surface area contributed by atoms with Crippen LogP contribution in [0.15, 0.2) is 0 Å². The van der Waals surface area contributed by atoms with Gasteiger partial charge in [-0.3, -0.25) is 9.80 Å². The zero-order valence-electron chi connectivity index (χ0n) is 13.9. The highest BCUT2D eigenvalue weighted by molar-refractivity contribution is 5.87. The van der Waals surface area contributed by atoms with Crippen LogP contribution in [0.5, 0.6) is 0 Å². The van der Waals surface area contributed by atoms with Gasteiger partial charge in [-0.15, -0.1) is 0 Å². The summed E-state index contributed by atoms with van der Waals surface area (Å²) in [5.74, 6) is -0.532. The predicted octanol–water partition coefficient (Wildman–Crippen LogP) is -2.18. The predicted molar refractivity (Wildman–Crippen MR) is 83.4 cm³/mol. The first-order valence-electron chi connectivity index (χ1n) is 8.36. The molecule has 0 aliphatic carbocycles. The van der Waals surface area contributed by atoms with E-state index < -0.39 is 12.0 Å². The van der Waals surface area contributed by atoms with Crippen molar-refractivity contribution in [2.75, 3.05) is 59.0 Å². The molecule has 0 aromatic heterocycles. The maximum absolute atomic E-state index is 12.9. The minimum absolute atomic E-state index is 0.122. The summed E-state index contributed by atoms with van der Waals surface area (Å²) in [4.78, 5) is 36.9. The lowest BCUT2D eigenvalue weighted by molar-refractivity contribution is -0.153. The lowest BCUT2D eigenvalue weighted by Gasteiger charge is -2.38. The maximum Gasteiger partial charge on any atom is 0.350 e. The number of hydrogen-bond donors (Lipinski definition) is 2. The first-order chi connectivity index (χ1) is 11.6. The molecule has 0 radical (unpaired) electrons. The molecule has 10 nitrogen and oxygen atoms in total. The summed E-state index contributed by atoms with van der Waals surface area (Å²) in [7, 11) is 0. The number of hydrogen-bond acceptors (Lipinski definition) is 7. The minimum atomic E-state index is -0.680. The van der Waals surface area contributed by atoms with Gasteiger partial charge in [0.15, 0.2) is 6.04 Å². The summed E-state index contributed by atoms with van der Waals surface area (Å²) in [6.07, 6.45) is 0. The van der Waals surface area contributed by atoms with Crippen molar-refractivity contribution >= 4 is 17.9 Å². The van der Waals surface area contributed by atoms with E-state index in [0.717, 1.165) is 13.1 Å². The molecule has 1 atom stereocenters. The molecule has 3 fully saturated rings. The van der Waals surface area contributed by atoms with E-state index in [1.54, 1.807) is 11.9 Å². The van der Waals surface area contributed by atoms with Crippen LogP contribution in [-0.4, -0.2) is 103 Å². The highest BCUT2D eigenvalue weighted by Gasteiger charge is 2.48. The Morgan fingerprint density at radius 3 is 2.54 bits per heavy atom. The lowest BCUT2D eigenvalue weighted by Crippen LogP contribution is -2.59. The second-order valence-corrected chi connectivity index (χ2v) is 5.92. The van der Waals surface area contributed by atoms with E-state index in [-0.39, 0.29) is 31.6 Å². The Labute approximate surface area is 140 Å². The molecule has 3 aliphatic rings. The van der Waals surface area contributed by atoms with Gasteiger partial charge >= 0.3 is 12.0 Å². The third-order valence-corrected chi connectivity index (χ3v) is 4.37. The topological polar surface area (TPSA) is 97.5 Å². The van der Waals surface area contributed by atoms with Gasteiger partial charge in [0.1, 0.15) is 0 Å². The molecule has 134 valence electrons. The number of carbonyl (C=O) groups is 3. The average molecular weight is 340 g/mol. The van der Waals surface area contributed by atoms with Crippen LogP contribution in [0.2, 0.25) is 0 Å². The fourth-order valence-electron chi connectivity index (χ4n) is 3.24. The van der Waals surface area contributed by atoms with Gasteiger partial charge in [0.2, 0.25) is 5.91 Å². The first-order valence-corrected chi connectivity index (χ1v) is 8.36. The molecule has 3 heterocycles. The molecule has 3 rings (SSSR count). The Morgan fingerprint density at radius 2 is 1.88 bits per heavy atom. The number of nitrogens with one attached hydrogen (secondary N) is 2. The molecule has 0 spiro atoms. The minimum Gasteiger partial charge on any atom is -0.464 e. The van der Waals surface area contributed by atoms with Crippen molar-refractivity contribution in [2.24, 2.45) is 0 Å². The molecule has 0 aromatic carbocycles. The largest absolute Gasteiger partial charge is 0.464 e. The SMILES string of the molecule is CCOC(=O)C1CN(N2CCNC(=O)C2)C(=O)N1N1CCNCC1. The van der Waals surface area contributed by atoms with E-state index in [0.29, 0.717) is 26.2 Å². The quantitative estimate of drug-likeness (QED) is 0.562. The highest BCUT2D eigenvalue weighted by atomic mass is 16.5. The second-order valence-electron chi connectivity index (χ2n) is 5.92. The molecule has 24 heavy (non-hydrogen) atoms. The number of ether oxygens (including phenoxy) is 1. The van der Waals surface area contributed by atoms with Crippen LogP contribution in [-0.2, 0) is 14.3 Å². The standard InChI is InChI=1S/C14H24N6O4/c1-2-24-13(22)11-9-19(18-8-5-16-12(21)10-18)14(23)20(11)17-6-3-15-4-7-17/h11,15H,2-10H2,1H3,(H,16,21). The van der Waals surface area contributed by atoms with E-state index in [4.69, 9.17) is 4.74 Å². The zero-order valence-corrected chi connectivity index (χ0v) is 13.9. The molecule has 3 saturated heterocycles. The van der Waals surface area contributed by atoms with Gasteiger partial charge in [-0.05, 0) is 6.92 Å². The van der Waals surface area contributed by atoms with Gasteiger partial charge in [0.05, 0.1) is 19.7 Å². The van der Waals surface area contributed by atoms with Gasteiger partial charge in [-0.25, -0.2) is 24.6 Å². The molecular formula is C14H24N6O4. The molecule has 3 aliphatic heterocycles. The van der Waals surface area contributed by atoms with Crippen molar-refractivity contribution in [3.63, 3.8) is 0 Å². The number of hydrazine groups is 2. The summed E-state index contributed by atoms with van der Waals surface area (Å²) < 4.78 is 5.15. The van der Waals surface area contributed by atoms with Crippen molar-refractivity contribution < 1.29 is 19.1 Å². The number of piperazine rings is 2. The van der Waals surface area contributed by atoms with Gasteiger partial charge < -0.3 is 15.4 Å². The molecule has 0 aromatic rings. The number of amides is 3. The fraction of sp³-hybridized carbons (Fsp3) is 0.786. The van der Waals surface area contributed by atoms with Crippen LogP contribution in [0.3, 0.4) is 0 Å². The van der Waals surface area contributed by atoms with E-state index in [1.165, 1.54) is 10.0 Å². The monoisotopic (exact) mass is 340 g/mol. The molecule has 2 N–H and O–H groups in total. The van der Waals surface area contributed by atoms with Crippen LogP contribution < -0.4 is 10.6 Å². The first kappa shape index (κ1) is 16.9. The number of esters is 1. The van der Waals surface area contributed by atoms with E-state index in [2.05, 4.69) is 10.6 Å². The Kier molecular flexibility index (Phi) is 5.17. The zero-order chi connectivity index (χ0) is 17.1.